The maximum absolute atomic E-state index is 12.9. The van der Waals surface area contributed by atoms with E-state index in [2.05, 4.69) is 5.10 Å². The number of esters is 1. The van der Waals surface area contributed by atoms with Crippen LogP contribution in [-0.2, 0) is 28.9 Å². The number of aromatic nitrogens is 2. The highest BCUT2D eigenvalue weighted by Gasteiger charge is 2.31. The molecule has 0 saturated heterocycles. The van der Waals surface area contributed by atoms with E-state index in [-0.39, 0.29) is 18.8 Å². The third kappa shape index (κ3) is 2.37. The van der Waals surface area contributed by atoms with Crippen LogP contribution in [0.1, 0.15) is 37.2 Å². The smallest absolute Gasteiger partial charge is 0.327 e. The molecule has 1 heterocycles. The van der Waals surface area contributed by atoms with Crippen molar-refractivity contribution in [1.82, 2.24) is 9.78 Å². The zero-order valence-electron chi connectivity index (χ0n) is 10.4. The van der Waals surface area contributed by atoms with Gasteiger partial charge in [-0.2, -0.15) is 5.10 Å². The van der Waals surface area contributed by atoms with Crippen LogP contribution in [0.5, 0.6) is 0 Å². The van der Waals surface area contributed by atoms with E-state index in [1.807, 2.05) is 6.92 Å². The Morgan fingerprint density at radius 3 is 2.89 bits per heavy atom. The number of hydrogen-bond donors (Lipinski definition) is 0. The van der Waals surface area contributed by atoms with Crippen LogP contribution in [0, 0.1) is 5.92 Å². The Kier molecular flexibility index (Phi) is 3.63. The maximum Gasteiger partial charge on any atom is 0.327 e. The van der Waals surface area contributed by atoms with Gasteiger partial charge in [0.1, 0.15) is 12.2 Å². The fourth-order valence-corrected chi connectivity index (χ4v) is 2.39. The summed E-state index contributed by atoms with van der Waals surface area (Å²) in [5, 5.41) is 3.85. The van der Waals surface area contributed by atoms with Gasteiger partial charge in [-0.05, 0) is 25.7 Å². The van der Waals surface area contributed by atoms with Crippen molar-refractivity contribution in [2.24, 2.45) is 5.92 Å². The summed E-state index contributed by atoms with van der Waals surface area (Å²) in [6.45, 7) is 3.90. The van der Waals surface area contributed by atoms with Gasteiger partial charge in [0, 0.05) is 11.3 Å². The van der Waals surface area contributed by atoms with Crippen molar-refractivity contribution >= 4 is 5.97 Å². The summed E-state index contributed by atoms with van der Waals surface area (Å²) in [5.41, 5.74) is 1.19. The van der Waals surface area contributed by atoms with Gasteiger partial charge in [0.15, 0.2) is 0 Å². The Morgan fingerprint density at radius 2 is 2.28 bits per heavy atom. The third-order valence-electron chi connectivity index (χ3n) is 3.08. The molecule has 4 nitrogen and oxygen atoms in total. The highest BCUT2D eigenvalue weighted by molar-refractivity contribution is 5.69. The molecule has 0 amide bonds. The largest absolute Gasteiger partial charge is 0.465 e. The molecule has 1 aromatic heterocycles. The lowest BCUT2D eigenvalue weighted by Gasteiger charge is -2.06. The number of nitrogens with zero attached hydrogens (tertiary/aromatic N) is 2. The minimum atomic E-state index is -2.59. The first-order valence-electron chi connectivity index (χ1n) is 6.05. The van der Waals surface area contributed by atoms with Crippen LogP contribution in [0.4, 0.5) is 8.78 Å². The zero-order valence-corrected chi connectivity index (χ0v) is 10.4. The average molecular weight is 258 g/mol. The molecular formula is C12H16F2N2O2. The second-order valence-electron chi connectivity index (χ2n) is 4.59. The summed E-state index contributed by atoms with van der Waals surface area (Å²) in [7, 11) is 0. The number of fused-ring (bicyclic) bond motifs is 1. The van der Waals surface area contributed by atoms with E-state index < -0.39 is 12.4 Å². The molecule has 2 rings (SSSR count). The zero-order chi connectivity index (χ0) is 13.3. The monoisotopic (exact) mass is 258 g/mol. The summed E-state index contributed by atoms with van der Waals surface area (Å²) in [5.74, 6) is -0.118. The lowest BCUT2D eigenvalue weighted by molar-refractivity contribution is -0.144. The Balaban J connectivity index is 2.26. The predicted molar refractivity (Wildman–Crippen MR) is 60.4 cm³/mol. The van der Waals surface area contributed by atoms with E-state index in [1.54, 1.807) is 6.92 Å². The summed E-state index contributed by atoms with van der Waals surface area (Å²) < 4.78 is 31.9. The summed E-state index contributed by atoms with van der Waals surface area (Å²) in [4.78, 5) is 11.4. The first-order chi connectivity index (χ1) is 8.52. The Morgan fingerprint density at radius 1 is 1.56 bits per heavy atom. The summed E-state index contributed by atoms with van der Waals surface area (Å²) in [6.07, 6.45) is -1.29. The normalized spacial score (nSPS) is 18.2. The van der Waals surface area contributed by atoms with Gasteiger partial charge in [0.2, 0.25) is 0 Å². The number of carbonyl (C=O) groups is 1. The number of hydrogen-bond acceptors (Lipinski definition) is 3. The standard InChI is InChI=1S/C12H16F2N2O2/c1-3-18-10(17)6-16-9-5-7(2)4-8(9)11(15-16)12(13)14/h7,12H,3-6H2,1-2H3. The molecular weight excluding hydrogens is 242 g/mol. The predicted octanol–water partition coefficient (Wildman–Crippen LogP) is 2.12. The number of halogens is 2. The van der Waals surface area contributed by atoms with Crippen LogP contribution < -0.4 is 0 Å². The van der Waals surface area contributed by atoms with Crippen LogP contribution in [0.25, 0.3) is 0 Å². The van der Waals surface area contributed by atoms with Crippen molar-refractivity contribution in [1.29, 1.82) is 0 Å². The first-order valence-corrected chi connectivity index (χ1v) is 6.05. The third-order valence-corrected chi connectivity index (χ3v) is 3.08. The molecule has 0 aromatic carbocycles. The second kappa shape index (κ2) is 5.04. The molecule has 0 radical (unpaired) electrons. The van der Waals surface area contributed by atoms with Crippen LogP contribution in [0.15, 0.2) is 0 Å². The Labute approximate surface area is 104 Å². The minimum absolute atomic E-state index is 0.0877. The number of ether oxygens (including phenoxy) is 1. The molecule has 1 atom stereocenters. The van der Waals surface area contributed by atoms with E-state index in [1.165, 1.54) is 4.68 Å². The topological polar surface area (TPSA) is 44.1 Å². The van der Waals surface area contributed by atoms with Crippen molar-refractivity contribution in [3.63, 3.8) is 0 Å². The van der Waals surface area contributed by atoms with Gasteiger partial charge >= 0.3 is 5.97 Å². The quantitative estimate of drug-likeness (QED) is 0.777. The maximum atomic E-state index is 12.9. The van der Waals surface area contributed by atoms with Crippen molar-refractivity contribution in [3.8, 4) is 0 Å². The minimum Gasteiger partial charge on any atom is -0.465 e. The van der Waals surface area contributed by atoms with Gasteiger partial charge in [-0.3, -0.25) is 9.48 Å². The molecule has 0 spiro atoms. The molecule has 1 aliphatic carbocycles. The Hall–Kier alpha value is -1.46. The number of carbonyl (C=O) groups excluding carboxylic acids is 1. The molecule has 0 fully saturated rings. The fraction of sp³-hybridized carbons (Fsp3) is 0.667. The average Bonchev–Trinajstić information content (AvgIpc) is 2.78. The van der Waals surface area contributed by atoms with Crippen LogP contribution in [0.3, 0.4) is 0 Å². The molecule has 1 unspecified atom stereocenters. The fourth-order valence-electron chi connectivity index (χ4n) is 2.39. The molecule has 6 heteroatoms. The van der Waals surface area contributed by atoms with E-state index in [0.717, 1.165) is 5.69 Å². The van der Waals surface area contributed by atoms with Crippen molar-refractivity contribution < 1.29 is 18.3 Å². The Bertz CT molecular complexity index is 457. The molecule has 100 valence electrons. The van der Waals surface area contributed by atoms with Gasteiger partial charge in [0.05, 0.1) is 6.61 Å². The van der Waals surface area contributed by atoms with Crippen LogP contribution in [-0.4, -0.2) is 22.4 Å². The van der Waals surface area contributed by atoms with E-state index in [4.69, 9.17) is 4.74 Å². The SMILES string of the molecule is CCOC(=O)Cn1nc(C(F)F)c2c1CC(C)C2. The van der Waals surface area contributed by atoms with Gasteiger partial charge < -0.3 is 4.74 Å². The van der Waals surface area contributed by atoms with E-state index in [0.29, 0.717) is 24.3 Å². The van der Waals surface area contributed by atoms with Crippen LogP contribution >= 0.6 is 0 Å². The molecule has 1 aromatic rings. The molecule has 1 aliphatic rings. The molecule has 0 bridgehead atoms. The molecule has 18 heavy (non-hydrogen) atoms. The molecule has 0 saturated carbocycles. The van der Waals surface area contributed by atoms with Gasteiger partial charge in [-0.25, -0.2) is 8.78 Å². The van der Waals surface area contributed by atoms with Crippen molar-refractivity contribution in [2.45, 2.75) is 39.7 Å². The molecule has 0 aliphatic heterocycles. The first kappa shape index (κ1) is 13.0. The van der Waals surface area contributed by atoms with Gasteiger partial charge in [-0.1, -0.05) is 6.92 Å². The lowest BCUT2D eigenvalue weighted by Crippen LogP contribution is -2.17. The van der Waals surface area contributed by atoms with E-state index in [9.17, 15) is 13.6 Å². The summed E-state index contributed by atoms with van der Waals surface area (Å²) >= 11 is 0. The number of alkyl halides is 2. The summed E-state index contributed by atoms with van der Waals surface area (Å²) in [6, 6.07) is 0. The van der Waals surface area contributed by atoms with E-state index >= 15 is 0 Å². The highest BCUT2D eigenvalue weighted by Crippen LogP contribution is 2.33. The molecule has 0 N–H and O–H groups in total. The van der Waals surface area contributed by atoms with Gasteiger partial charge in [0.25, 0.3) is 6.43 Å². The highest BCUT2D eigenvalue weighted by atomic mass is 19.3. The van der Waals surface area contributed by atoms with Gasteiger partial charge in [-0.15, -0.1) is 0 Å². The van der Waals surface area contributed by atoms with Crippen LogP contribution in [0.2, 0.25) is 0 Å². The second-order valence-corrected chi connectivity index (χ2v) is 4.59. The number of rotatable bonds is 4. The van der Waals surface area contributed by atoms with Crippen molar-refractivity contribution in [3.05, 3.63) is 17.0 Å². The lowest BCUT2D eigenvalue weighted by atomic mass is 10.1. The van der Waals surface area contributed by atoms with Crippen molar-refractivity contribution in [2.75, 3.05) is 6.61 Å².